The first-order valence-electron chi connectivity index (χ1n) is 7.85. The summed E-state index contributed by atoms with van der Waals surface area (Å²) in [5.41, 5.74) is 2.26. The van der Waals surface area contributed by atoms with Gasteiger partial charge in [-0.25, -0.2) is 0 Å². The summed E-state index contributed by atoms with van der Waals surface area (Å²) in [6, 6.07) is 11.1. The van der Waals surface area contributed by atoms with Crippen LogP contribution in [0.25, 0.3) is 10.9 Å². The molecule has 1 amide bonds. The molecule has 1 aromatic heterocycles. The number of rotatable bonds is 3. The summed E-state index contributed by atoms with van der Waals surface area (Å²) in [7, 11) is 0. The smallest absolute Gasteiger partial charge is 0.267 e. The van der Waals surface area contributed by atoms with Crippen LogP contribution in [0.2, 0.25) is 0 Å². The van der Waals surface area contributed by atoms with Crippen LogP contribution in [0.1, 0.15) is 16.1 Å². The summed E-state index contributed by atoms with van der Waals surface area (Å²) in [4.78, 5) is 15.5. The fourth-order valence-corrected chi connectivity index (χ4v) is 2.97. The lowest BCUT2D eigenvalue weighted by molar-refractivity contribution is 0.0946. The van der Waals surface area contributed by atoms with Gasteiger partial charge in [-0.15, -0.1) is 0 Å². The minimum atomic E-state index is -0.184. The monoisotopic (exact) mass is 338 g/mol. The number of carbonyl (C=O) groups excluding carboxylic acids is 1. The van der Waals surface area contributed by atoms with Crippen molar-refractivity contribution in [2.45, 2.75) is 6.54 Å². The lowest BCUT2D eigenvalue weighted by atomic mass is 10.2. The van der Waals surface area contributed by atoms with Gasteiger partial charge in [0, 0.05) is 23.5 Å². The maximum Gasteiger partial charge on any atom is 0.267 e. The van der Waals surface area contributed by atoms with Crippen LogP contribution >= 0.6 is 0 Å². The van der Waals surface area contributed by atoms with E-state index >= 15 is 0 Å². The lowest BCUT2D eigenvalue weighted by Crippen LogP contribution is -2.23. The third-order valence-electron chi connectivity index (χ3n) is 4.25. The highest BCUT2D eigenvalue weighted by atomic mass is 16.7. The van der Waals surface area contributed by atoms with Gasteiger partial charge in [-0.2, -0.15) is 0 Å². The number of carbonyl (C=O) groups is 1. The zero-order chi connectivity index (χ0) is 16.8. The fourth-order valence-electron chi connectivity index (χ4n) is 2.97. The predicted octanol–water partition coefficient (Wildman–Crippen LogP) is 2.56. The van der Waals surface area contributed by atoms with Crippen LogP contribution in [0.3, 0.4) is 0 Å². The van der Waals surface area contributed by atoms with Gasteiger partial charge in [0.2, 0.25) is 13.6 Å². The molecule has 0 spiro atoms. The second-order valence-corrected chi connectivity index (χ2v) is 5.85. The van der Waals surface area contributed by atoms with Gasteiger partial charge in [0.05, 0.1) is 0 Å². The van der Waals surface area contributed by atoms with Crippen molar-refractivity contribution in [1.82, 2.24) is 10.3 Å². The topological polar surface area (TPSA) is 81.8 Å². The SMILES string of the molecule is O=C(NCc1ccc2c(c1)OCO2)c1cc2cc3c(cc2[nH]1)OCO3. The summed E-state index contributed by atoms with van der Waals surface area (Å²) < 4.78 is 21.3. The number of ether oxygens (including phenoxy) is 4. The number of hydrogen-bond acceptors (Lipinski definition) is 5. The van der Waals surface area contributed by atoms with Gasteiger partial charge in [-0.3, -0.25) is 4.79 Å². The third kappa shape index (κ3) is 2.40. The Balaban J connectivity index is 1.33. The Morgan fingerprint density at radius 2 is 1.64 bits per heavy atom. The molecule has 0 saturated heterocycles. The molecule has 0 radical (unpaired) electrons. The van der Waals surface area contributed by atoms with E-state index in [1.807, 2.05) is 30.3 Å². The van der Waals surface area contributed by atoms with Gasteiger partial charge in [-0.1, -0.05) is 6.07 Å². The molecule has 0 aliphatic carbocycles. The highest BCUT2D eigenvalue weighted by molar-refractivity contribution is 5.98. The summed E-state index contributed by atoms with van der Waals surface area (Å²) >= 11 is 0. The first-order chi connectivity index (χ1) is 12.3. The molecule has 126 valence electrons. The van der Waals surface area contributed by atoms with E-state index in [0.717, 1.165) is 22.2 Å². The van der Waals surface area contributed by atoms with E-state index in [0.29, 0.717) is 29.5 Å². The van der Waals surface area contributed by atoms with Gasteiger partial charge >= 0.3 is 0 Å². The molecule has 25 heavy (non-hydrogen) atoms. The molecular weight excluding hydrogens is 324 g/mol. The molecule has 0 saturated carbocycles. The number of H-pyrrole nitrogens is 1. The van der Waals surface area contributed by atoms with Crippen molar-refractivity contribution in [2.75, 3.05) is 13.6 Å². The number of aromatic nitrogens is 1. The Hall–Kier alpha value is -3.35. The van der Waals surface area contributed by atoms with Gasteiger partial charge < -0.3 is 29.2 Å². The van der Waals surface area contributed by atoms with Crippen LogP contribution in [-0.2, 0) is 6.54 Å². The van der Waals surface area contributed by atoms with Gasteiger partial charge in [-0.05, 0) is 29.8 Å². The summed E-state index contributed by atoms with van der Waals surface area (Å²) in [5.74, 6) is 2.62. The summed E-state index contributed by atoms with van der Waals surface area (Å²) in [6.07, 6.45) is 0. The predicted molar refractivity (Wildman–Crippen MR) is 88.2 cm³/mol. The molecule has 0 bridgehead atoms. The minimum Gasteiger partial charge on any atom is -0.454 e. The van der Waals surface area contributed by atoms with Crippen LogP contribution in [0, 0.1) is 0 Å². The Morgan fingerprint density at radius 3 is 2.48 bits per heavy atom. The van der Waals surface area contributed by atoms with Crippen molar-refractivity contribution in [3.8, 4) is 23.0 Å². The fraction of sp³-hybridized carbons (Fsp3) is 0.167. The molecule has 3 heterocycles. The second kappa shape index (κ2) is 5.34. The number of fused-ring (bicyclic) bond motifs is 3. The quantitative estimate of drug-likeness (QED) is 0.767. The number of nitrogens with one attached hydrogen (secondary N) is 2. The second-order valence-electron chi connectivity index (χ2n) is 5.85. The van der Waals surface area contributed by atoms with Crippen LogP contribution < -0.4 is 24.3 Å². The molecule has 2 aliphatic rings. The largest absolute Gasteiger partial charge is 0.454 e. The summed E-state index contributed by atoms with van der Waals surface area (Å²) in [5, 5.41) is 3.80. The minimum absolute atomic E-state index is 0.184. The van der Waals surface area contributed by atoms with E-state index in [1.165, 1.54) is 0 Å². The van der Waals surface area contributed by atoms with Crippen molar-refractivity contribution < 1.29 is 23.7 Å². The molecule has 3 aromatic rings. The van der Waals surface area contributed by atoms with Crippen molar-refractivity contribution in [1.29, 1.82) is 0 Å². The third-order valence-corrected chi connectivity index (χ3v) is 4.25. The molecule has 7 nitrogen and oxygen atoms in total. The number of aromatic amines is 1. The maximum atomic E-state index is 12.4. The molecule has 2 N–H and O–H groups in total. The highest BCUT2D eigenvalue weighted by Crippen LogP contribution is 2.36. The van der Waals surface area contributed by atoms with Crippen molar-refractivity contribution in [2.24, 2.45) is 0 Å². The zero-order valence-corrected chi connectivity index (χ0v) is 13.1. The standard InChI is InChI=1S/C18H14N2O5/c21-18(19-7-10-1-2-14-15(3-10)23-8-22-14)13-4-11-5-16-17(25-9-24-16)6-12(11)20-13/h1-6,20H,7-9H2,(H,19,21). The van der Waals surface area contributed by atoms with Gasteiger partial charge in [0.1, 0.15) is 5.69 Å². The molecule has 7 heteroatoms. The van der Waals surface area contributed by atoms with E-state index in [4.69, 9.17) is 18.9 Å². The van der Waals surface area contributed by atoms with Crippen LogP contribution in [0.5, 0.6) is 23.0 Å². The summed E-state index contributed by atoms with van der Waals surface area (Å²) in [6.45, 7) is 0.857. The Labute approximate surface area is 142 Å². The molecule has 0 atom stereocenters. The van der Waals surface area contributed by atoms with Crippen LogP contribution in [-0.4, -0.2) is 24.5 Å². The van der Waals surface area contributed by atoms with Crippen LogP contribution in [0.4, 0.5) is 0 Å². The average molecular weight is 338 g/mol. The maximum absolute atomic E-state index is 12.4. The molecule has 2 aromatic carbocycles. The van der Waals surface area contributed by atoms with Gasteiger partial charge in [0.25, 0.3) is 5.91 Å². The molecule has 2 aliphatic heterocycles. The van der Waals surface area contributed by atoms with Crippen molar-refractivity contribution in [3.63, 3.8) is 0 Å². The molecular formula is C18H14N2O5. The Bertz CT molecular complexity index is 954. The Kier molecular flexibility index (Phi) is 3.00. The van der Waals surface area contributed by atoms with Crippen LogP contribution in [0.15, 0.2) is 36.4 Å². The molecule has 0 fully saturated rings. The van der Waals surface area contributed by atoms with Crippen molar-refractivity contribution >= 4 is 16.8 Å². The highest BCUT2D eigenvalue weighted by Gasteiger charge is 2.17. The lowest BCUT2D eigenvalue weighted by Gasteiger charge is -2.05. The first-order valence-corrected chi connectivity index (χ1v) is 7.85. The Morgan fingerprint density at radius 1 is 0.920 bits per heavy atom. The molecule has 0 unspecified atom stereocenters. The van der Waals surface area contributed by atoms with E-state index in [9.17, 15) is 4.79 Å². The van der Waals surface area contributed by atoms with E-state index in [1.54, 1.807) is 6.07 Å². The first kappa shape index (κ1) is 14.0. The number of benzene rings is 2. The van der Waals surface area contributed by atoms with Crippen molar-refractivity contribution in [3.05, 3.63) is 47.7 Å². The zero-order valence-electron chi connectivity index (χ0n) is 13.1. The average Bonchev–Trinajstić information content (AvgIpc) is 3.34. The van der Waals surface area contributed by atoms with E-state index < -0.39 is 0 Å². The van der Waals surface area contributed by atoms with E-state index in [2.05, 4.69) is 10.3 Å². The van der Waals surface area contributed by atoms with Gasteiger partial charge in [0.15, 0.2) is 23.0 Å². The molecule has 5 rings (SSSR count). The number of hydrogen-bond donors (Lipinski definition) is 2. The van der Waals surface area contributed by atoms with E-state index in [-0.39, 0.29) is 19.5 Å². The number of amides is 1. The normalized spacial score (nSPS) is 14.1.